The number of hydrogen-bond acceptors (Lipinski definition) is 7. The van der Waals surface area contributed by atoms with Crippen molar-refractivity contribution < 1.29 is 13.9 Å². The molecule has 166 valence electrons. The van der Waals surface area contributed by atoms with Crippen LogP contribution in [0, 0.1) is 0 Å². The Labute approximate surface area is 186 Å². The first-order chi connectivity index (χ1) is 15.7. The summed E-state index contributed by atoms with van der Waals surface area (Å²) in [6, 6.07) is 15.9. The first-order valence-electron chi connectivity index (χ1n) is 11.1. The molecule has 2 aromatic rings. The largest absolute Gasteiger partial charge is 0.466 e. The normalized spacial score (nSPS) is 12.0. The molecule has 0 fully saturated rings. The van der Waals surface area contributed by atoms with E-state index in [0.29, 0.717) is 43.9 Å². The topological polar surface area (TPSA) is 103 Å². The Morgan fingerprint density at radius 2 is 2.00 bits per heavy atom. The number of nitrogens with one attached hydrogen (secondary N) is 1. The van der Waals surface area contributed by atoms with Crippen LogP contribution < -0.4 is 16.4 Å². The highest BCUT2D eigenvalue weighted by Gasteiger charge is 2.13. The molecule has 0 spiro atoms. The van der Waals surface area contributed by atoms with Crippen molar-refractivity contribution in [2.75, 3.05) is 31.6 Å². The quantitative estimate of drug-likeness (QED) is 0.179. The Bertz CT molecular complexity index is 1270. The van der Waals surface area contributed by atoms with Crippen LogP contribution in [-0.4, -0.2) is 37.2 Å². The summed E-state index contributed by atoms with van der Waals surface area (Å²) >= 11 is 0. The molecule has 1 aliphatic carbocycles. The van der Waals surface area contributed by atoms with Crippen LogP contribution in [0.25, 0.3) is 33.3 Å². The molecule has 0 unspecified atom stereocenters. The molecule has 0 atom stereocenters. The second kappa shape index (κ2) is 10.2. The van der Waals surface area contributed by atoms with Crippen LogP contribution in [0.4, 0.5) is 5.69 Å². The van der Waals surface area contributed by atoms with Gasteiger partial charge in [-0.2, -0.15) is 0 Å². The molecule has 1 heterocycles. The minimum atomic E-state index is -0.185. The maximum atomic E-state index is 11.5. The number of esters is 1. The number of nitrogens with zero attached hydrogens (tertiary/aromatic N) is 2. The number of benzene rings is 3. The molecule has 0 saturated carbocycles. The van der Waals surface area contributed by atoms with Crippen molar-refractivity contribution in [3.8, 4) is 11.5 Å². The minimum absolute atomic E-state index is 0.185. The molecule has 2 aliphatic rings. The third-order valence-corrected chi connectivity index (χ3v) is 5.21. The molecule has 0 aromatic heterocycles. The first kappa shape index (κ1) is 21.8. The fraction of sp³-hybridized carbons (Fsp3) is 0.320. The van der Waals surface area contributed by atoms with Crippen LogP contribution >= 0.6 is 0 Å². The van der Waals surface area contributed by atoms with E-state index in [4.69, 9.17) is 19.9 Å². The Morgan fingerprint density at radius 3 is 2.81 bits per heavy atom. The second-order valence-electron chi connectivity index (χ2n) is 7.54. The Morgan fingerprint density at radius 1 is 1.16 bits per heavy atom. The molecule has 4 rings (SSSR count). The number of carbonyl (C=O) groups excluding carboxylic acids is 1. The predicted molar refractivity (Wildman–Crippen MR) is 127 cm³/mol. The molecular weight excluding hydrogens is 404 g/mol. The van der Waals surface area contributed by atoms with E-state index in [1.807, 2.05) is 36.4 Å². The van der Waals surface area contributed by atoms with Crippen LogP contribution in [-0.2, 0) is 9.53 Å². The number of carbonyl (C=O) groups is 1. The summed E-state index contributed by atoms with van der Waals surface area (Å²) in [5, 5.41) is 6.41. The fourth-order valence-electron chi connectivity index (χ4n) is 3.68. The lowest BCUT2D eigenvalue weighted by molar-refractivity contribution is -0.143. The van der Waals surface area contributed by atoms with Gasteiger partial charge in [-0.25, -0.2) is 4.98 Å². The van der Waals surface area contributed by atoms with Gasteiger partial charge < -0.3 is 20.2 Å². The van der Waals surface area contributed by atoms with E-state index in [0.717, 1.165) is 46.0 Å². The zero-order valence-corrected chi connectivity index (χ0v) is 18.3. The van der Waals surface area contributed by atoms with E-state index in [-0.39, 0.29) is 5.97 Å². The smallest absolute Gasteiger partial charge is 0.305 e. The van der Waals surface area contributed by atoms with Gasteiger partial charge >= 0.3 is 5.97 Å². The molecule has 7 heteroatoms. The highest BCUT2D eigenvalue weighted by Crippen LogP contribution is 2.33. The van der Waals surface area contributed by atoms with E-state index < -0.39 is 0 Å². The lowest BCUT2D eigenvalue weighted by Gasteiger charge is -2.13. The third kappa shape index (κ3) is 4.89. The number of rotatable bonds is 9. The van der Waals surface area contributed by atoms with Gasteiger partial charge in [0, 0.05) is 48.1 Å². The van der Waals surface area contributed by atoms with Crippen LogP contribution in [0.15, 0.2) is 57.9 Å². The van der Waals surface area contributed by atoms with Gasteiger partial charge in [0.1, 0.15) is 11.2 Å². The average molecular weight is 433 g/mol. The fourth-order valence-corrected chi connectivity index (χ4v) is 3.68. The maximum Gasteiger partial charge on any atom is 0.305 e. The first-order valence-corrected chi connectivity index (χ1v) is 11.1. The summed E-state index contributed by atoms with van der Waals surface area (Å²) in [6.07, 6.45) is 1.91. The summed E-state index contributed by atoms with van der Waals surface area (Å²) in [7, 11) is 0. The number of ether oxygens (including phenoxy) is 1. The summed E-state index contributed by atoms with van der Waals surface area (Å²) in [4.78, 5) is 20.9. The summed E-state index contributed by atoms with van der Waals surface area (Å²) in [5.41, 5.74) is 8.97. The number of anilines is 1. The number of nitrogens with two attached hydrogens (primary N) is 1. The summed E-state index contributed by atoms with van der Waals surface area (Å²) in [6.45, 7) is 4.19. The van der Waals surface area contributed by atoms with Crippen LogP contribution in [0.3, 0.4) is 0 Å². The van der Waals surface area contributed by atoms with E-state index in [9.17, 15) is 4.79 Å². The van der Waals surface area contributed by atoms with E-state index in [2.05, 4.69) is 22.4 Å². The van der Waals surface area contributed by atoms with Gasteiger partial charge in [-0.3, -0.25) is 9.79 Å². The molecule has 32 heavy (non-hydrogen) atoms. The van der Waals surface area contributed by atoms with Crippen molar-refractivity contribution in [2.45, 2.75) is 26.2 Å². The molecule has 3 N–H and O–H groups in total. The van der Waals surface area contributed by atoms with Gasteiger partial charge in [-0.05, 0) is 38.4 Å². The molecule has 1 aliphatic heterocycles. The zero-order chi connectivity index (χ0) is 22.3. The lowest BCUT2D eigenvalue weighted by atomic mass is 10.1. The molecule has 0 saturated heterocycles. The maximum absolute atomic E-state index is 11.5. The van der Waals surface area contributed by atoms with E-state index in [1.54, 1.807) is 6.92 Å². The Hall–Kier alpha value is -3.45. The van der Waals surface area contributed by atoms with Crippen molar-refractivity contribution in [1.82, 2.24) is 4.98 Å². The standard InChI is InChI=1S/C25H28N4O3/c1-2-31-24(30)9-5-13-27-17-10-11-20-22(15-17)32-23-16-21(28-14-6-12-26)18-7-3-4-8-19(18)25(23)29-20/h3-4,7-8,10-11,15-16,28H,2,5-6,9,12-14,26H2,1H3. The Kier molecular flexibility index (Phi) is 6.97. The predicted octanol–water partition coefficient (Wildman–Crippen LogP) is 4.09. The zero-order valence-electron chi connectivity index (χ0n) is 18.3. The molecule has 7 nitrogen and oxygen atoms in total. The number of hydrogen-bond donors (Lipinski definition) is 2. The molecule has 2 aromatic carbocycles. The highest BCUT2D eigenvalue weighted by atomic mass is 16.5. The van der Waals surface area contributed by atoms with Gasteiger partial charge in [0.05, 0.1) is 12.0 Å². The van der Waals surface area contributed by atoms with Gasteiger partial charge in [-0.15, -0.1) is 0 Å². The van der Waals surface area contributed by atoms with Gasteiger partial charge in [0.15, 0.2) is 11.3 Å². The number of fused-ring (bicyclic) bond motifs is 4. The van der Waals surface area contributed by atoms with Crippen molar-refractivity contribution in [2.24, 2.45) is 10.7 Å². The highest BCUT2D eigenvalue weighted by molar-refractivity contribution is 6.10. The SMILES string of the molecule is CCOC(=O)CCCN=c1ccc2nc3c(cc(NCCCN)c4ccccc43)oc-2c1. The molecular formula is C25H28N4O3. The lowest BCUT2D eigenvalue weighted by Crippen LogP contribution is -2.09. The van der Waals surface area contributed by atoms with Crippen molar-refractivity contribution in [1.29, 1.82) is 0 Å². The van der Waals surface area contributed by atoms with Crippen LogP contribution in [0.5, 0.6) is 0 Å². The van der Waals surface area contributed by atoms with Crippen LogP contribution in [0.2, 0.25) is 0 Å². The molecule has 0 radical (unpaired) electrons. The van der Waals surface area contributed by atoms with Crippen molar-refractivity contribution >= 4 is 33.5 Å². The van der Waals surface area contributed by atoms with Gasteiger partial charge in [0.2, 0.25) is 0 Å². The van der Waals surface area contributed by atoms with Crippen molar-refractivity contribution in [3.63, 3.8) is 0 Å². The second-order valence-corrected chi connectivity index (χ2v) is 7.54. The van der Waals surface area contributed by atoms with E-state index >= 15 is 0 Å². The van der Waals surface area contributed by atoms with Gasteiger partial charge in [-0.1, -0.05) is 24.3 Å². The monoisotopic (exact) mass is 432 g/mol. The summed E-state index contributed by atoms with van der Waals surface area (Å²) in [5.74, 6) is 0.488. The van der Waals surface area contributed by atoms with Gasteiger partial charge in [0.25, 0.3) is 0 Å². The molecule has 0 amide bonds. The van der Waals surface area contributed by atoms with Crippen molar-refractivity contribution in [3.05, 3.63) is 53.9 Å². The van der Waals surface area contributed by atoms with E-state index in [1.165, 1.54) is 0 Å². The average Bonchev–Trinajstić information content (AvgIpc) is 2.81. The third-order valence-electron chi connectivity index (χ3n) is 5.21. The van der Waals surface area contributed by atoms with Crippen LogP contribution in [0.1, 0.15) is 26.2 Å². The Balaban J connectivity index is 1.67. The summed E-state index contributed by atoms with van der Waals surface area (Å²) < 4.78 is 11.2. The molecule has 0 bridgehead atoms. The number of aromatic nitrogens is 1. The minimum Gasteiger partial charge on any atom is -0.466 e.